The van der Waals surface area contributed by atoms with E-state index in [1.165, 1.54) is 24.3 Å². The Balaban J connectivity index is 2.09. The van der Waals surface area contributed by atoms with Crippen LogP contribution in [-0.2, 0) is 4.74 Å². The molecular weight excluding hydrogens is 284 g/mol. The molecule has 0 spiro atoms. The second-order valence-electron chi connectivity index (χ2n) is 4.70. The first-order valence-electron chi connectivity index (χ1n) is 6.25. The summed E-state index contributed by atoms with van der Waals surface area (Å²) in [5.74, 6) is 0. The van der Waals surface area contributed by atoms with Crippen LogP contribution < -0.4 is 5.32 Å². The monoisotopic (exact) mass is 300 g/mol. The molecule has 9 nitrogen and oxygen atoms in total. The molecule has 5 atom stereocenters. The predicted molar refractivity (Wildman–Crippen MR) is 70.5 cm³/mol. The standard InChI is InChI=1S/C12H16N2O7/c15-5-8(16)11-9(17)10(18)12(21-11)13-6-2-1-3-7(4-6)14(19)20/h1-4,8-13,15-18H,5H2/t8-,9+,10+,11+,12+/m1/s1. The topological polar surface area (TPSA) is 145 Å². The third kappa shape index (κ3) is 3.28. The average Bonchev–Trinajstić information content (AvgIpc) is 2.75. The fourth-order valence-corrected chi connectivity index (χ4v) is 2.12. The molecule has 116 valence electrons. The number of nitrogens with one attached hydrogen (secondary N) is 1. The second kappa shape index (κ2) is 6.33. The number of ether oxygens (including phenoxy) is 1. The normalized spacial score (nSPS) is 30.1. The molecule has 1 aliphatic heterocycles. The van der Waals surface area contributed by atoms with Crippen LogP contribution in [0, 0.1) is 10.1 Å². The molecule has 0 aliphatic carbocycles. The van der Waals surface area contributed by atoms with Gasteiger partial charge in [-0.05, 0) is 6.07 Å². The van der Waals surface area contributed by atoms with E-state index in [0.717, 1.165) is 0 Å². The molecule has 9 heteroatoms. The molecule has 2 rings (SSSR count). The summed E-state index contributed by atoms with van der Waals surface area (Å²) in [6, 6.07) is 5.55. The largest absolute Gasteiger partial charge is 0.394 e. The van der Waals surface area contributed by atoms with Crippen molar-refractivity contribution < 1.29 is 30.1 Å². The Labute approximate surface area is 119 Å². The van der Waals surface area contributed by atoms with Crippen molar-refractivity contribution in [1.29, 1.82) is 0 Å². The van der Waals surface area contributed by atoms with E-state index in [9.17, 15) is 25.4 Å². The minimum atomic E-state index is -1.39. The van der Waals surface area contributed by atoms with Crippen molar-refractivity contribution in [1.82, 2.24) is 0 Å². The Bertz CT molecular complexity index is 512. The van der Waals surface area contributed by atoms with Gasteiger partial charge in [0.1, 0.15) is 24.4 Å². The van der Waals surface area contributed by atoms with Crippen molar-refractivity contribution in [2.45, 2.75) is 30.6 Å². The number of nitro benzene ring substituents is 1. The third-order valence-corrected chi connectivity index (χ3v) is 3.23. The minimum absolute atomic E-state index is 0.139. The molecule has 0 unspecified atom stereocenters. The van der Waals surface area contributed by atoms with E-state index < -0.39 is 42.2 Å². The van der Waals surface area contributed by atoms with Crippen LogP contribution in [-0.4, -0.2) is 62.6 Å². The van der Waals surface area contributed by atoms with Crippen LogP contribution in [0.1, 0.15) is 0 Å². The van der Waals surface area contributed by atoms with Crippen molar-refractivity contribution in [3.05, 3.63) is 34.4 Å². The summed E-state index contributed by atoms with van der Waals surface area (Å²) in [6.07, 6.45) is -6.29. The number of hydrogen-bond donors (Lipinski definition) is 5. The summed E-state index contributed by atoms with van der Waals surface area (Å²) >= 11 is 0. The lowest BCUT2D eigenvalue weighted by Gasteiger charge is -2.19. The maximum Gasteiger partial charge on any atom is 0.271 e. The van der Waals surface area contributed by atoms with Crippen molar-refractivity contribution in [2.75, 3.05) is 11.9 Å². The highest BCUT2D eigenvalue weighted by Crippen LogP contribution is 2.26. The summed E-state index contributed by atoms with van der Waals surface area (Å²) in [5.41, 5.74) is 0.180. The van der Waals surface area contributed by atoms with Gasteiger partial charge in [0.2, 0.25) is 0 Å². The Kier molecular flexibility index (Phi) is 4.70. The van der Waals surface area contributed by atoms with E-state index in [1.54, 1.807) is 0 Å². The van der Waals surface area contributed by atoms with Gasteiger partial charge in [-0.1, -0.05) is 6.07 Å². The highest BCUT2D eigenvalue weighted by Gasteiger charge is 2.45. The number of benzene rings is 1. The van der Waals surface area contributed by atoms with E-state index in [2.05, 4.69) is 5.32 Å². The van der Waals surface area contributed by atoms with Crippen LogP contribution in [0.25, 0.3) is 0 Å². The van der Waals surface area contributed by atoms with E-state index >= 15 is 0 Å². The molecule has 5 N–H and O–H groups in total. The minimum Gasteiger partial charge on any atom is -0.394 e. The molecule has 0 amide bonds. The van der Waals surface area contributed by atoms with Gasteiger partial charge in [-0.25, -0.2) is 0 Å². The number of nitrogens with zero attached hydrogens (tertiary/aromatic N) is 1. The third-order valence-electron chi connectivity index (χ3n) is 3.23. The molecule has 1 heterocycles. The van der Waals surface area contributed by atoms with Gasteiger partial charge in [0, 0.05) is 17.8 Å². The number of anilines is 1. The van der Waals surface area contributed by atoms with Gasteiger partial charge in [-0.2, -0.15) is 0 Å². The SMILES string of the molecule is O=[N+]([O-])c1cccc(N[C@H]2O[C@@H]([C@H](O)CO)[C@@H](O)[C@@H]2O)c1. The molecule has 0 saturated carbocycles. The van der Waals surface area contributed by atoms with Gasteiger partial charge in [-0.15, -0.1) is 0 Å². The highest BCUT2D eigenvalue weighted by molar-refractivity contribution is 5.51. The van der Waals surface area contributed by atoms with Crippen LogP contribution in [0.4, 0.5) is 11.4 Å². The number of hydrogen-bond acceptors (Lipinski definition) is 8. The van der Waals surface area contributed by atoms with Gasteiger partial charge in [0.15, 0.2) is 6.23 Å². The lowest BCUT2D eigenvalue weighted by atomic mass is 10.1. The van der Waals surface area contributed by atoms with E-state index in [-0.39, 0.29) is 5.69 Å². The van der Waals surface area contributed by atoms with Crippen molar-refractivity contribution >= 4 is 11.4 Å². The van der Waals surface area contributed by atoms with Crippen molar-refractivity contribution in [3.8, 4) is 0 Å². The van der Waals surface area contributed by atoms with Gasteiger partial charge in [0.25, 0.3) is 5.69 Å². The zero-order valence-electron chi connectivity index (χ0n) is 10.9. The van der Waals surface area contributed by atoms with Crippen molar-refractivity contribution in [2.24, 2.45) is 0 Å². The zero-order chi connectivity index (χ0) is 15.6. The Morgan fingerprint density at radius 1 is 1.38 bits per heavy atom. The lowest BCUT2D eigenvalue weighted by molar-refractivity contribution is -0.384. The molecule has 21 heavy (non-hydrogen) atoms. The van der Waals surface area contributed by atoms with Crippen LogP contribution in [0.3, 0.4) is 0 Å². The van der Waals surface area contributed by atoms with Gasteiger partial charge < -0.3 is 30.5 Å². The lowest BCUT2D eigenvalue weighted by Crippen LogP contribution is -2.40. The molecule has 0 aromatic heterocycles. The number of nitro groups is 1. The zero-order valence-corrected chi connectivity index (χ0v) is 10.9. The fourth-order valence-electron chi connectivity index (χ4n) is 2.12. The fraction of sp³-hybridized carbons (Fsp3) is 0.500. The molecule has 0 bridgehead atoms. The molecule has 1 aromatic rings. The molecular formula is C12H16N2O7. The summed E-state index contributed by atoms with van der Waals surface area (Å²) in [6.45, 7) is -0.627. The van der Waals surface area contributed by atoms with E-state index in [1.807, 2.05) is 0 Å². The van der Waals surface area contributed by atoms with Crippen molar-refractivity contribution in [3.63, 3.8) is 0 Å². The Morgan fingerprint density at radius 3 is 2.71 bits per heavy atom. The van der Waals surface area contributed by atoms with E-state index in [4.69, 9.17) is 9.84 Å². The number of rotatable bonds is 5. The maximum atomic E-state index is 10.7. The van der Waals surface area contributed by atoms with Gasteiger partial charge in [-0.3, -0.25) is 10.1 Å². The molecule has 0 radical (unpaired) electrons. The van der Waals surface area contributed by atoms with Crippen LogP contribution in [0.5, 0.6) is 0 Å². The highest BCUT2D eigenvalue weighted by atomic mass is 16.6. The summed E-state index contributed by atoms with van der Waals surface area (Å²) < 4.78 is 5.25. The van der Waals surface area contributed by atoms with Gasteiger partial charge in [0.05, 0.1) is 11.5 Å². The van der Waals surface area contributed by atoms with Crippen LogP contribution in [0.2, 0.25) is 0 Å². The first-order chi connectivity index (χ1) is 9.93. The van der Waals surface area contributed by atoms with E-state index in [0.29, 0.717) is 5.69 Å². The smallest absolute Gasteiger partial charge is 0.271 e. The number of non-ortho nitro benzene ring substituents is 1. The quantitative estimate of drug-likeness (QED) is 0.337. The first kappa shape index (κ1) is 15.6. The summed E-state index contributed by atoms with van der Waals surface area (Å²) in [4.78, 5) is 10.1. The second-order valence-corrected chi connectivity index (χ2v) is 4.70. The molecule has 1 fully saturated rings. The summed E-state index contributed by atoms with van der Waals surface area (Å²) in [5, 5.41) is 51.3. The molecule has 1 saturated heterocycles. The van der Waals surface area contributed by atoms with Crippen LogP contribution in [0.15, 0.2) is 24.3 Å². The Hall–Kier alpha value is -1.78. The molecule has 1 aliphatic rings. The number of aliphatic hydroxyl groups is 4. The Morgan fingerprint density at radius 2 is 2.10 bits per heavy atom. The molecule has 1 aromatic carbocycles. The maximum absolute atomic E-state index is 10.7. The van der Waals surface area contributed by atoms with Gasteiger partial charge >= 0.3 is 0 Å². The first-order valence-corrected chi connectivity index (χ1v) is 6.25. The predicted octanol–water partition coefficient (Wildman–Crippen LogP) is -1.19. The average molecular weight is 300 g/mol. The number of aliphatic hydroxyl groups excluding tert-OH is 4. The summed E-state index contributed by atoms with van der Waals surface area (Å²) in [7, 11) is 0. The van der Waals surface area contributed by atoms with Crippen LogP contribution >= 0.6 is 0 Å².